The highest BCUT2D eigenvalue weighted by Gasteiger charge is 2.13. The van der Waals surface area contributed by atoms with Crippen LogP contribution < -0.4 is 20.9 Å². The van der Waals surface area contributed by atoms with Crippen molar-refractivity contribution in [3.05, 3.63) is 56.6 Å². The fraction of sp³-hybridized carbons (Fsp3) is 0.200. The van der Waals surface area contributed by atoms with E-state index < -0.39 is 9.85 Å². The van der Waals surface area contributed by atoms with Gasteiger partial charge in [-0.25, -0.2) is 0 Å². The molecule has 0 aliphatic heterocycles. The van der Waals surface area contributed by atoms with E-state index in [0.29, 0.717) is 17.9 Å². The van der Waals surface area contributed by atoms with Crippen LogP contribution >= 0.6 is 0 Å². The molecule has 0 aliphatic carbocycles. The number of anilines is 2. The van der Waals surface area contributed by atoms with E-state index in [9.17, 15) is 20.2 Å². The minimum absolute atomic E-state index is 0.0608. The summed E-state index contributed by atoms with van der Waals surface area (Å²) in [6.07, 6.45) is 0.469. The van der Waals surface area contributed by atoms with Crippen LogP contribution in [0.25, 0.3) is 0 Å². The molecule has 10 nitrogen and oxygen atoms in total. The van der Waals surface area contributed by atoms with Crippen molar-refractivity contribution < 1.29 is 19.3 Å². The Kier molecular flexibility index (Phi) is 5.56. The monoisotopic (exact) mass is 348 g/mol. The molecule has 132 valence electrons. The van der Waals surface area contributed by atoms with Gasteiger partial charge in [0.1, 0.15) is 22.9 Å². The van der Waals surface area contributed by atoms with Crippen LogP contribution in [0.5, 0.6) is 11.5 Å². The lowest BCUT2D eigenvalue weighted by atomic mass is 10.2. The second-order valence-corrected chi connectivity index (χ2v) is 5.01. The van der Waals surface area contributed by atoms with Crippen molar-refractivity contribution in [1.82, 2.24) is 0 Å². The average molecular weight is 348 g/mol. The third kappa shape index (κ3) is 4.70. The van der Waals surface area contributed by atoms with Gasteiger partial charge in [0.05, 0.1) is 35.2 Å². The quantitative estimate of drug-likeness (QED) is 0.319. The Morgan fingerprint density at radius 3 is 1.56 bits per heavy atom. The number of hydrogen-bond donors (Lipinski definition) is 2. The SMILES string of the molecule is Nc1ccc(OCCCOc2ccc(N)c([N+](=O)[O-])c2)cc1[N+](=O)[O-]. The van der Waals surface area contributed by atoms with Crippen LogP contribution in [0, 0.1) is 20.2 Å². The first-order valence-corrected chi connectivity index (χ1v) is 7.22. The summed E-state index contributed by atoms with van der Waals surface area (Å²) in [5.74, 6) is 0.646. The van der Waals surface area contributed by atoms with Gasteiger partial charge in [-0.15, -0.1) is 0 Å². The number of nitrogen functional groups attached to an aromatic ring is 2. The third-order valence-corrected chi connectivity index (χ3v) is 3.22. The van der Waals surface area contributed by atoms with Crippen LogP contribution in [-0.2, 0) is 0 Å². The summed E-state index contributed by atoms with van der Waals surface area (Å²) < 4.78 is 10.8. The minimum atomic E-state index is -0.584. The normalized spacial score (nSPS) is 10.2. The van der Waals surface area contributed by atoms with Crippen LogP contribution in [0.2, 0.25) is 0 Å². The van der Waals surface area contributed by atoms with Gasteiger partial charge in [-0.3, -0.25) is 20.2 Å². The number of nitro benzene ring substituents is 2. The number of rotatable bonds is 8. The summed E-state index contributed by atoms with van der Waals surface area (Å²) in [7, 11) is 0. The molecule has 0 unspecified atom stereocenters. The average Bonchev–Trinajstić information content (AvgIpc) is 2.56. The summed E-state index contributed by atoms with van der Waals surface area (Å²) in [6, 6.07) is 8.37. The van der Waals surface area contributed by atoms with Crippen molar-refractivity contribution in [3.63, 3.8) is 0 Å². The van der Waals surface area contributed by atoms with Gasteiger partial charge in [0.2, 0.25) is 0 Å². The molecule has 10 heteroatoms. The molecule has 0 bridgehead atoms. The second-order valence-electron chi connectivity index (χ2n) is 5.01. The first kappa shape index (κ1) is 17.8. The first-order valence-electron chi connectivity index (χ1n) is 7.22. The molecular weight excluding hydrogens is 332 g/mol. The van der Waals surface area contributed by atoms with Gasteiger partial charge < -0.3 is 20.9 Å². The third-order valence-electron chi connectivity index (χ3n) is 3.22. The van der Waals surface area contributed by atoms with E-state index in [2.05, 4.69) is 0 Å². The van der Waals surface area contributed by atoms with Gasteiger partial charge >= 0.3 is 0 Å². The van der Waals surface area contributed by atoms with Gasteiger partial charge in [0.25, 0.3) is 11.4 Å². The van der Waals surface area contributed by atoms with Crippen molar-refractivity contribution in [2.24, 2.45) is 0 Å². The maximum absolute atomic E-state index is 10.8. The molecule has 2 aromatic rings. The van der Waals surface area contributed by atoms with Gasteiger partial charge in [-0.05, 0) is 24.3 Å². The first-order chi connectivity index (χ1) is 11.9. The molecule has 0 amide bonds. The van der Waals surface area contributed by atoms with Crippen LogP contribution in [0.4, 0.5) is 22.7 Å². The van der Waals surface area contributed by atoms with Crippen LogP contribution in [0.1, 0.15) is 6.42 Å². The maximum atomic E-state index is 10.8. The molecule has 0 saturated carbocycles. The summed E-state index contributed by atoms with van der Waals surface area (Å²) >= 11 is 0. The Morgan fingerprint density at radius 1 is 0.800 bits per heavy atom. The lowest BCUT2D eigenvalue weighted by Gasteiger charge is -2.09. The fourth-order valence-electron chi connectivity index (χ4n) is 1.98. The van der Waals surface area contributed by atoms with E-state index in [1.54, 1.807) is 0 Å². The number of hydrogen-bond acceptors (Lipinski definition) is 8. The molecular formula is C15H16N4O6. The van der Waals surface area contributed by atoms with Crippen LogP contribution in [-0.4, -0.2) is 23.1 Å². The van der Waals surface area contributed by atoms with E-state index in [4.69, 9.17) is 20.9 Å². The smallest absolute Gasteiger partial charge is 0.295 e. The summed E-state index contributed by atoms with van der Waals surface area (Å²) in [5.41, 5.74) is 10.7. The molecule has 2 rings (SSSR count). The molecule has 0 fully saturated rings. The zero-order valence-corrected chi connectivity index (χ0v) is 13.1. The number of benzene rings is 2. The molecule has 0 saturated heterocycles. The van der Waals surface area contributed by atoms with Gasteiger partial charge in [-0.1, -0.05) is 0 Å². The van der Waals surface area contributed by atoms with Crippen LogP contribution in [0.15, 0.2) is 36.4 Å². The van der Waals surface area contributed by atoms with Gasteiger partial charge in [0, 0.05) is 6.42 Å². The molecule has 0 aliphatic rings. The molecule has 2 aromatic carbocycles. The Morgan fingerprint density at radius 2 is 1.20 bits per heavy atom. The van der Waals surface area contributed by atoms with Crippen LogP contribution in [0.3, 0.4) is 0 Å². The van der Waals surface area contributed by atoms with E-state index in [1.165, 1.54) is 36.4 Å². The summed E-state index contributed by atoms with van der Waals surface area (Å²) in [4.78, 5) is 20.4. The highest BCUT2D eigenvalue weighted by atomic mass is 16.6. The largest absolute Gasteiger partial charge is 0.493 e. The van der Waals surface area contributed by atoms with E-state index >= 15 is 0 Å². The number of nitrogens with zero attached hydrogens (tertiary/aromatic N) is 2. The lowest BCUT2D eigenvalue weighted by Crippen LogP contribution is -2.06. The fourth-order valence-corrected chi connectivity index (χ4v) is 1.98. The van der Waals surface area contributed by atoms with Crippen molar-refractivity contribution in [3.8, 4) is 11.5 Å². The van der Waals surface area contributed by atoms with Crippen molar-refractivity contribution >= 4 is 22.7 Å². The Labute approximate surface area is 142 Å². The lowest BCUT2D eigenvalue weighted by molar-refractivity contribution is -0.384. The van der Waals surface area contributed by atoms with Crippen molar-refractivity contribution in [1.29, 1.82) is 0 Å². The predicted octanol–water partition coefficient (Wildman–Crippen LogP) is 2.52. The maximum Gasteiger partial charge on any atom is 0.295 e. The Balaban J connectivity index is 1.82. The Hall–Kier alpha value is -3.56. The van der Waals surface area contributed by atoms with E-state index in [1.807, 2.05) is 0 Å². The zero-order valence-electron chi connectivity index (χ0n) is 13.1. The number of nitro groups is 2. The van der Waals surface area contributed by atoms with Gasteiger partial charge in [0.15, 0.2) is 0 Å². The molecule has 0 aromatic heterocycles. The zero-order chi connectivity index (χ0) is 18.4. The van der Waals surface area contributed by atoms with E-state index in [-0.39, 0.29) is 36.0 Å². The molecule has 0 radical (unpaired) electrons. The van der Waals surface area contributed by atoms with Crippen molar-refractivity contribution in [2.75, 3.05) is 24.7 Å². The molecule has 4 N–H and O–H groups in total. The van der Waals surface area contributed by atoms with E-state index in [0.717, 1.165) is 0 Å². The standard InChI is InChI=1S/C15H16N4O6/c16-12-4-2-10(8-14(12)18(20)21)24-6-1-7-25-11-3-5-13(17)15(9-11)19(22)23/h2-5,8-9H,1,6-7,16-17H2. The topological polar surface area (TPSA) is 157 Å². The predicted molar refractivity (Wildman–Crippen MR) is 90.6 cm³/mol. The van der Waals surface area contributed by atoms with Gasteiger partial charge in [-0.2, -0.15) is 0 Å². The highest BCUT2D eigenvalue weighted by Crippen LogP contribution is 2.27. The molecule has 25 heavy (non-hydrogen) atoms. The second kappa shape index (κ2) is 7.81. The van der Waals surface area contributed by atoms with Crippen molar-refractivity contribution in [2.45, 2.75) is 6.42 Å². The molecule has 0 spiro atoms. The number of ether oxygens (including phenoxy) is 2. The molecule has 0 atom stereocenters. The summed E-state index contributed by atoms with van der Waals surface area (Å²) in [5, 5.41) is 21.6. The Bertz CT molecular complexity index is 730. The minimum Gasteiger partial charge on any atom is -0.493 e. The number of nitrogens with two attached hydrogens (primary N) is 2. The molecule has 0 heterocycles. The summed E-state index contributed by atoms with van der Waals surface area (Å²) in [6.45, 7) is 0.496. The highest BCUT2D eigenvalue weighted by molar-refractivity contribution is 5.61.